The molecule has 5 heteroatoms. The zero-order chi connectivity index (χ0) is 7.28. The van der Waals surface area contributed by atoms with Crippen molar-refractivity contribution in [3.05, 3.63) is 0 Å². The van der Waals surface area contributed by atoms with E-state index in [1.54, 1.807) is 6.92 Å². The molecule has 0 aromatic carbocycles. The minimum absolute atomic E-state index is 0.292. The fourth-order valence-corrected chi connectivity index (χ4v) is 0.240. The molecular formula is C4H8ClN3O. The van der Waals surface area contributed by atoms with Gasteiger partial charge in [0.2, 0.25) is 0 Å². The predicted octanol–water partition coefficient (Wildman–Crippen LogP) is 0.269. The molecule has 0 atom stereocenters. The Kier molecular flexibility index (Phi) is 3.79. The van der Waals surface area contributed by atoms with Gasteiger partial charge in [-0.2, -0.15) is 5.10 Å². The van der Waals surface area contributed by atoms with Gasteiger partial charge in [-0.05, 0) is 6.92 Å². The van der Waals surface area contributed by atoms with E-state index in [2.05, 4.69) is 5.10 Å². The van der Waals surface area contributed by atoms with Crippen LogP contribution in [0.4, 0.5) is 4.79 Å². The number of rotatable bonds is 2. The van der Waals surface area contributed by atoms with Crippen LogP contribution in [0.3, 0.4) is 0 Å². The Morgan fingerprint density at radius 1 is 1.89 bits per heavy atom. The number of halogens is 1. The molecular weight excluding hydrogens is 142 g/mol. The Labute approximate surface area is 58.1 Å². The van der Waals surface area contributed by atoms with Gasteiger partial charge in [0.15, 0.2) is 0 Å². The number of hydrazone groups is 1. The van der Waals surface area contributed by atoms with Crippen LogP contribution in [0.2, 0.25) is 0 Å². The number of urea groups is 1. The average molecular weight is 150 g/mol. The molecule has 52 valence electrons. The molecule has 9 heavy (non-hydrogen) atoms. The minimum Gasteiger partial charge on any atom is -0.350 e. The maximum absolute atomic E-state index is 9.98. The van der Waals surface area contributed by atoms with E-state index >= 15 is 0 Å². The minimum atomic E-state index is -0.681. The molecule has 0 fully saturated rings. The molecule has 2 amide bonds. The second-order valence-corrected chi connectivity index (χ2v) is 1.72. The molecule has 3 N–H and O–H groups in total. The summed E-state index contributed by atoms with van der Waals surface area (Å²) in [6.07, 6.45) is 0. The summed E-state index contributed by atoms with van der Waals surface area (Å²) in [4.78, 5) is 9.98. The molecule has 0 aliphatic heterocycles. The molecule has 0 saturated carbocycles. The third kappa shape index (κ3) is 5.10. The molecule has 4 nitrogen and oxygen atoms in total. The van der Waals surface area contributed by atoms with Gasteiger partial charge in [-0.3, -0.25) is 0 Å². The second-order valence-electron chi connectivity index (χ2n) is 1.46. The van der Waals surface area contributed by atoms with Crippen molar-refractivity contribution in [1.82, 2.24) is 5.43 Å². The highest BCUT2D eigenvalue weighted by molar-refractivity contribution is 6.28. The second kappa shape index (κ2) is 4.14. The summed E-state index contributed by atoms with van der Waals surface area (Å²) in [6.45, 7) is 1.68. The molecule has 0 spiro atoms. The fourth-order valence-electron chi connectivity index (χ4n) is 0.180. The van der Waals surface area contributed by atoms with Crippen LogP contribution >= 0.6 is 11.6 Å². The molecule has 0 aromatic rings. The maximum Gasteiger partial charge on any atom is 0.332 e. The number of nitrogens with zero attached hydrogens (tertiary/aromatic N) is 1. The molecule has 0 unspecified atom stereocenters. The summed E-state index contributed by atoms with van der Waals surface area (Å²) in [5.41, 5.74) is 7.35. The molecule has 0 bridgehead atoms. The van der Waals surface area contributed by atoms with E-state index in [0.29, 0.717) is 11.6 Å². The molecule has 0 aromatic heterocycles. The zero-order valence-electron chi connectivity index (χ0n) is 5.02. The normalized spacial score (nSPS) is 11.1. The first-order valence-corrected chi connectivity index (χ1v) is 2.85. The van der Waals surface area contributed by atoms with Crippen LogP contribution in [0.15, 0.2) is 5.10 Å². The van der Waals surface area contributed by atoms with Crippen LogP contribution in [0.1, 0.15) is 6.92 Å². The first-order chi connectivity index (χ1) is 4.16. The molecule has 0 rings (SSSR count). The SMILES string of the molecule is C/C(CCl)=N/NC(N)=O. The Morgan fingerprint density at radius 3 is 2.78 bits per heavy atom. The highest BCUT2D eigenvalue weighted by Gasteiger charge is 1.87. The average Bonchev–Trinajstić information content (AvgIpc) is 1.83. The van der Waals surface area contributed by atoms with E-state index in [-0.39, 0.29) is 0 Å². The number of hydrogen-bond acceptors (Lipinski definition) is 2. The van der Waals surface area contributed by atoms with Crippen molar-refractivity contribution in [2.75, 3.05) is 5.88 Å². The van der Waals surface area contributed by atoms with Gasteiger partial charge in [0, 0.05) is 0 Å². The number of amides is 2. The van der Waals surface area contributed by atoms with Crippen LogP contribution < -0.4 is 11.2 Å². The van der Waals surface area contributed by atoms with Crippen molar-refractivity contribution in [2.45, 2.75) is 6.92 Å². The smallest absolute Gasteiger partial charge is 0.332 e. The van der Waals surface area contributed by atoms with Gasteiger partial charge in [0.05, 0.1) is 11.6 Å². The first kappa shape index (κ1) is 8.23. The quantitative estimate of drug-likeness (QED) is 0.330. The number of hydrogen-bond donors (Lipinski definition) is 2. The lowest BCUT2D eigenvalue weighted by molar-refractivity contribution is 0.249. The number of alkyl halides is 1. The van der Waals surface area contributed by atoms with E-state index in [1.165, 1.54) is 0 Å². The van der Waals surface area contributed by atoms with E-state index < -0.39 is 6.03 Å². The van der Waals surface area contributed by atoms with Crippen molar-refractivity contribution in [3.63, 3.8) is 0 Å². The van der Waals surface area contributed by atoms with Gasteiger partial charge in [-0.1, -0.05) is 0 Å². The zero-order valence-corrected chi connectivity index (χ0v) is 5.77. The largest absolute Gasteiger partial charge is 0.350 e. The number of carbonyl (C=O) groups excluding carboxylic acids is 1. The van der Waals surface area contributed by atoms with Crippen LogP contribution in [0, 0.1) is 0 Å². The van der Waals surface area contributed by atoms with Gasteiger partial charge >= 0.3 is 6.03 Å². The Morgan fingerprint density at radius 2 is 2.44 bits per heavy atom. The van der Waals surface area contributed by atoms with Crippen LogP contribution in [-0.2, 0) is 0 Å². The number of nitrogens with one attached hydrogen (secondary N) is 1. The topological polar surface area (TPSA) is 67.5 Å². The lowest BCUT2D eigenvalue weighted by Crippen LogP contribution is -2.25. The van der Waals surface area contributed by atoms with Crippen molar-refractivity contribution in [2.24, 2.45) is 10.8 Å². The summed E-state index contributed by atoms with van der Waals surface area (Å²) in [6, 6.07) is -0.681. The highest BCUT2D eigenvalue weighted by Crippen LogP contribution is 1.78. The Bertz CT molecular complexity index is 134. The molecule has 0 radical (unpaired) electrons. The first-order valence-electron chi connectivity index (χ1n) is 2.31. The van der Waals surface area contributed by atoms with Crippen molar-refractivity contribution >= 4 is 23.3 Å². The van der Waals surface area contributed by atoms with Crippen LogP contribution in [0.5, 0.6) is 0 Å². The summed E-state index contributed by atoms with van der Waals surface area (Å²) in [7, 11) is 0. The van der Waals surface area contributed by atoms with Gasteiger partial charge in [-0.15, -0.1) is 11.6 Å². The van der Waals surface area contributed by atoms with E-state index in [9.17, 15) is 4.79 Å². The van der Waals surface area contributed by atoms with Gasteiger partial charge in [0.25, 0.3) is 0 Å². The molecule has 0 saturated heterocycles. The number of nitrogens with two attached hydrogens (primary N) is 1. The van der Waals surface area contributed by atoms with E-state index in [4.69, 9.17) is 17.3 Å². The summed E-state index contributed by atoms with van der Waals surface area (Å²) >= 11 is 5.31. The summed E-state index contributed by atoms with van der Waals surface area (Å²) < 4.78 is 0. The lowest BCUT2D eigenvalue weighted by Gasteiger charge is -1.92. The number of primary amides is 1. The summed E-state index contributed by atoms with van der Waals surface area (Å²) in [5.74, 6) is 0.292. The molecule has 0 heterocycles. The fraction of sp³-hybridized carbons (Fsp3) is 0.500. The van der Waals surface area contributed by atoms with Gasteiger partial charge < -0.3 is 5.73 Å². The van der Waals surface area contributed by atoms with E-state index in [1.807, 2.05) is 5.43 Å². The van der Waals surface area contributed by atoms with Gasteiger partial charge in [0.1, 0.15) is 0 Å². The predicted molar refractivity (Wildman–Crippen MR) is 36.5 cm³/mol. The maximum atomic E-state index is 9.98. The van der Waals surface area contributed by atoms with E-state index in [0.717, 1.165) is 0 Å². The monoisotopic (exact) mass is 149 g/mol. The highest BCUT2D eigenvalue weighted by atomic mass is 35.5. The van der Waals surface area contributed by atoms with Gasteiger partial charge in [-0.25, -0.2) is 10.2 Å². The molecule has 0 aliphatic carbocycles. The number of carbonyl (C=O) groups is 1. The van der Waals surface area contributed by atoms with Crippen molar-refractivity contribution < 1.29 is 4.79 Å². The van der Waals surface area contributed by atoms with Crippen LogP contribution in [-0.4, -0.2) is 17.6 Å². The van der Waals surface area contributed by atoms with Crippen LogP contribution in [0.25, 0.3) is 0 Å². The van der Waals surface area contributed by atoms with Crippen molar-refractivity contribution in [1.29, 1.82) is 0 Å². The standard InChI is InChI=1S/C4H8ClN3O/c1-3(2-5)7-8-4(6)9/h2H2,1H3,(H3,6,8,9)/b7-3-. The Balaban J connectivity index is 3.56. The lowest BCUT2D eigenvalue weighted by atomic mass is 10.5. The van der Waals surface area contributed by atoms with Crippen molar-refractivity contribution in [3.8, 4) is 0 Å². The summed E-state index contributed by atoms with van der Waals surface area (Å²) in [5, 5.41) is 3.50. The Hall–Kier alpha value is -0.770. The third-order valence-electron chi connectivity index (χ3n) is 0.550. The molecule has 0 aliphatic rings. The third-order valence-corrected chi connectivity index (χ3v) is 0.937.